The summed E-state index contributed by atoms with van der Waals surface area (Å²) < 4.78 is 13.1. The number of carbonyl (C=O) groups excluding carboxylic acids is 1. The van der Waals surface area contributed by atoms with Crippen molar-refractivity contribution in [2.24, 2.45) is 5.92 Å². The predicted octanol–water partition coefficient (Wildman–Crippen LogP) is 1.81. The van der Waals surface area contributed by atoms with Crippen LogP contribution in [0, 0.1) is 11.7 Å². The van der Waals surface area contributed by atoms with Crippen LogP contribution in [0.2, 0.25) is 0 Å². The minimum Gasteiger partial charge on any atom is -0.507 e. The van der Waals surface area contributed by atoms with Crippen molar-refractivity contribution in [2.45, 2.75) is 31.7 Å². The molecule has 1 amide bonds. The number of aliphatic hydroxyl groups excluding tert-OH is 1. The average Bonchev–Trinajstić information content (AvgIpc) is 2.42. The molecule has 0 saturated heterocycles. The number of aliphatic hydroxyl groups is 1. The molecule has 4 nitrogen and oxygen atoms in total. The Hall–Kier alpha value is -1.62. The fraction of sp³-hybridized carbons (Fsp3) is 0.500. The molecule has 3 N–H and O–H groups in total. The molecule has 0 spiro atoms. The number of aromatic hydroxyl groups is 1. The largest absolute Gasteiger partial charge is 0.507 e. The third-order valence-electron chi connectivity index (χ3n) is 3.64. The van der Waals surface area contributed by atoms with Crippen molar-refractivity contribution < 1.29 is 19.4 Å². The Labute approximate surface area is 111 Å². The molecule has 0 radical (unpaired) electrons. The van der Waals surface area contributed by atoms with Crippen LogP contribution in [0.4, 0.5) is 4.39 Å². The van der Waals surface area contributed by atoms with Crippen LogP contribution in [0.3, 0.4) is 0 Å². The lowest BCUT2D eigenvalue weighted by atomic mass is 9.86. The first-order valence-electron chi connectivity index (χ1n) is 6.50. The fourth-order valence-electron chi connectivity index (χ4n) is 2.44. The summed E-state index contributed by atoms with van der Waals surface area (Å²) >= 11 is 0. The van der Waals surface area contributed by atoms with Gasteiger partial charge in [0.1, 0.15) is 11.6 Å². The lowest BCUT2D eigenvalue weighted by Gasteiger charge is -2.28. The van der Waals surface area contributed by atoms with E-state index < -0.39 is 11.7 Å². The summed E-state index contributed by atoms with van der Waals surface area (Å²) in [6, 6.07) is 3.34. The lowest BCUT2D eigenvalue weighted by Crippen LogP contribution is -2.38. The predicted molar refractivity (Wildman–Crippen MR) is 68.4 cm³/mol. The molecule has 104 valence electrons. The Morgan fingerprint density at radius 3 is 2.63 bits per heavy atom. The van der Waals surface area contributed by atoms with Crippen molar-refractivity contribution in [2.75, 3.05) is 6.61 Å². The number of hydrogen-bond donors (Lipinski definition) is 3. The van der Waals surface area contributed by atoms with Crippen LogP contribution < -0.4 is 5.32 Å². The SMILES string of the molecule is O=C(NC1CCC(CO)CC1)c1cc(F)ccc1O. The fourth-order valence-corrected chi connectivity index (χ4v) is 2.44. The zero-order valence-electron chi connectivity index (χ0n) is 10.6. The highest BCUT2D eigenvalue weighted by Crippen LogP contribution is 2.24. The summed E-state index contributed by atoms with van der Waals surface area (Å²) in [5.74, 6) is -0.907. The average molecular weight is 267 g/mol. The Morgan fingerprint density at radius 1 is 1.32 bits per heavy atom. The van der Waals surface area contributed by atoms with Gasteiger partial charge in [0.25, 0.3) is 5.91 Å². The van der Waals surface area contributed by atoms with E-state index in [1.54, 1.807) is 0 Å². The first-order chi connectivity index (χ1) is 9.10. The quantitative estimate of drug-likeness (QED) is 0.782. The number of hydrogen-bond acceptors (Lipinski definition) is 3. The number of amides is 1. The second-order valence-corrected chi connectivity index (χ2v) is 5.04. The molecule has 5 heteroatoms. The van der Waals surface area contributed by atoms with Gasteiger partial charge < -0.3 is 15.5 Å². The maximum absolute atomic E-state index is 13.1. The molecule has 19 heavy (non-hydrogen) atoms. The van der Waals surface area contributed by atoms with Gasteiger partial charge in [-0.3, -0.25) is 4.79 Å². The van der Waals surface area contributed by atoms with Crippen molar-refractivity contribution >= 4 is 5.91 Å². The van der Waals surface area contributed by atoms with Crippen molar-refractivity contribution in [3.8, 4) is 5.75 Å². The van der Waals surface area contributed by atoms with Gasteiger partial charge in [0, 0.05) is 12.6 Å². The summed E-state index contributed by atoms with van der Waals surface area (Å²) in [7, 11) is 0. The first-order valence-corrected chi connectivity index (χ1v) is 6.50. The smallest absolute Gasteiger partial charge is 0.255 e. The zero-order valence-corrected chi connectivity index (χ0v) is 10.6. The number of phenolic OH excluding ortho intramolecular Hbond substituents is 1. The van der Waals surface area contributed by atoms with Gasteiger partial charge in [-0.25, -0.2) is 4.39 Å². The van der Waals surface area contributed by atoms with E-state index >= 15 is 0 Å². The Morgan fingerprint density at radius 2 is 2.00 bits per heavy atom. The topological polar surface area (TPSA) is 69.6 Å². The molecule has 1 aromatic rings. The molecule has 1 fully saturated rings. The normalized spacial score (nSPS) is 23.1. The summed E-state index contributed by atoms with van der Waals surface area (Å²) in [6.45, 7) is 0.186. The third-order valence-corrected chi connectivity index (χ3v) is 3.64. The summed E-state index contributed by atoms with van der Waals surface area (Å²) in [4.78, 5) is 11.9. The van der Waals surface area contributed by atoms with Crippen LogP contribution in [-0.2, 0) is 0 Å². The molecule has 0 aliphatic heterocycles. The summed E-state index contributed by atoms with van der Waals surface area (Å²) in [5, 5.41) is 21.4. The number of carbonyl (C=O) groups is 1. The summed E-state index contributed by atoms with van der Waals surface area (Å²) in [6.07, 6.45) is 3.34. The molecule has 0 aromatic heterocycles. The van der Waals surface area contributed by atoms with Crippen LogP contribution in [0.5, 0.6) is 5.75 Å². The van der Waals surface area contributed by atoms with E-state index in [2.05, 4.69) is 5.32 Å². The Kier molecular flexibility index (Phi) is 4.37. The molecule has 0 atom stereocenters. The van der Waals surface area contributed by atoms with Gasteiger partial charge in [-0.15, -0.1) is 0 Å². The van der Waals surface area contributed by atoms with Crippen molar-refractivity contribution in [3.63, 3.8) is 0 Å². The van der Waals surface area contributed by atoms with Crippen LogP contribution in [0.15, 0.2) is 18.2 Å². The number of rotatable bonds is 3. The number of nitrogens with one attached hydrogen (secondary N) is 1. The van der Waals surface area contributed by atoms with Crippen molar-refractivity contribution in [1.82, 2.24) is 5.32 Å². The highest BCUT2D eigenvalue weighted by molar-refractivity contribution is 5.96. The van der Waals surface area contributed by atoms with E-state index in [9.17, 15) is 14.3 Å². The van der Waals surface area contributed by atoms with Gasteiger partial charge in [-0.1, -0.05) is 0 Å². The standard InChI is InChI=1S/C14H18FNO3/c15-10-3-6-13(18)12(7-10)14(19)16-11-4-1-9(8-17)2-5-11/h3,6-7,9,11,17-18H,1-2,4-5,8H2,(H,16,19). The van der Waals surface area contributed by atoms with Gasteiger partial charge in [-0.05, 0) is 49.8 Å². The zero-order chi connectivity index (χ0) is 13.8. The number of benzene rings is 1. The lowest BCUT2D eigenvalue weighted by molar-refractivity contribution is 0.0911. The maximum Gasteiger partial charge on any atom is 0.255 e. The van der Waals surface area contributed by atoms with E-state index in [1.807, 2.05) is 0 Å². The summed E-state index contributed by atoms with van der Waals surface area (Å²) in [5.41, 5.74) is -0.0377. The van der Waals surface area contributed by atoms with Crippen LogP contribution >= 0.6 is 0 Å². The van der Waals surface area contributed by atoms with Crippen molar-refractivity contribution in [1.29, 1.82) is 0 Å². The van der Waals surface area contributed by atoms with Gasteiger partial charge in [0.2, 0.25) is 0 Å². The molecule has 1 aliphatic rings. The Bertz CT molecular complexity index is 456. The monoisotopic (exact) mass is 267 g/mol. The van der Waals surface area contributed by atoms with Crippen molar-refractivity contribution in [3.05, 3.63) is 29.6 Å². The van der Waals surface area contributed by atoms with E-state index in [1.165, 1.54) is 6.07 Å². The minimum atomic E-state index is -0.549. The molecular weight excluding hydrogens is 249 g/mol. The molecule has 0 unspecified atom stereocenters. The minimum absolute atomic E-state index is 0.0259. The second kappa shape index (κ2) is 6.02. The third kappa shape index (κ3) is 3.44. The van der Waals surface area contributed by atoms with E-state index in [-0.39, 0.29) is 24.0 Å². The highest BCUT2D eigenvalue weighted by Gasteiger charge is 2.23. The molecule has 1 aliphatic carbocycles. The molecule has 1 saturated carbocycles. The van der Waals surface area contributed by atoms with Gasteiger partial charge in [0.15, 0.2) is 0 Å². The highest BCUT2D eigenvalue weighted by atomic mass is 19.1. The van der Waals surface area contributed by atoms with Gasteiger partial charge >= 0.3 is 0 Å². The van der Waals surface area contributed by atoms with E-state index in [4.69, 9.17) is 5.11 Å². The molecule has 1 aromatic carbocycles. The second-order valence-electron chi connectivity index (χ2n) is 5.04. The van der Waals surface area contributed by atoms with Crippen LogP contribution in [-0.4, -0.2) is 28.8 Å². The molecule has 0 heterocycles. The first kappa shape index (κ1) is 13.8. The van der Waals surface area contributed by atoms with E-state index in [0.29, 0.717) is 5.92 Å². The molecule has 0 bridgehead atoms. The number of phenols is 1. The molecule has 2 rings (SSSR count). The van der Waals surface area contributed by atoms with Gasteiger partial charge in [-0.2, -0.15) is 0 Å². The van der Waals surface area contributed by atoms with Gasteiger partial charge in [0.05, 0.1) is 5.56 Å². The number of halogens is 1. The van der Waals surface area contributed by atoms with Crippen LogP contribution in [0.25, 0.3) is 0 Å². The molecular formula is C14H18FNO3. The maximum atomic E-state index is 13.1. The van der Waals surface area contributed by atoms with Crippen LogP contribution in [0.1, 0.15) is 36.0 Å². The van der Waals surface area contributed by atoms with E-state index in [0.717, 1.165) is 37.8 Å². The Balaban J connectivity index is 1.96.